The van der Waals surface area contributed by atoms with Crippen LogP contribution in [0.5, 0.6) is 0 Å². The quantitative estimate of drug-likeness (QED) is 0.649. The summed E-state index contributed by atoms with van der Waals surface area (Å²) in [7, 11) is 0. The van der Waals surface area contributed by atoms with E-state index >= 15 is 0 Å². The molecule has 0 bridgehead atoms. The number of rotatable bonds is 2. The van der Waals surface area contributed by atoms with Crippen LogP contribution in [0, 0.1) is 5.41 Å². The summed E-state index contributed by atoms with van der Waals surface area (Å²) in [5, 5.41) is 8.92. The largest absolute Gasteiger partial charge is 0.395 e. The minimum atomic E-state index is 0.288. The molecule has 0 aromatic carbocycles. The van der Waals surface area contributed by atoms with Gasteiger partial charge < -0.3 is 5.11 Å². The van der Waals surface area contributed by atoms with Crippen LogP contribution in [0.25, 0.3) is 0 Å². The van der Waals surface area contributed by atoms with Gasteiger partial charge in [-0.25, -0.2) is 0 Å². The lowest BCUT2D eigenvalue weighted by Crippen LogP contribution is -2.34. The van der Waals surface area contributed by atoms with Gasteiger partial charge in [-0.15, -0.1) is 0 Å². The molecular formula is C9H19NO. The Balaban J connectivity index is 2.41. The van der Waals surface area contributed by atoms with E-state index in [-0.39, 0.29) is 6.61 Å². The fraction of sp³-hybridized carbons (Fsp3) is 1.00. The normalized spacial score (nSPS) is 27.3. The number of aliphatic hydroxyl groups is 1. The van der Waals surface area contributed by atoms with Gasteiger partial charge in [0.25, 0.3) is 0 Å². The Hall–Kier alpha value is -0.0800. The summed E-state index contributed by atoms with van der Waals surface area (Å²) in [5.74, 6) is 0. The fourth-order valence-corrected chi connectivity index (χ4v) is 1.65. The second kappa shape index (κ2) is 3.11. The molecule has 1 unspecified atom stereocenters. The van der Waals surface area contributed by atoms with Crippen LogP contribution in [0.3, 0.4) is 0 Å². The SMILES string of the molecule is CC(CO)N1CCC(C)(C)C1. The van der Waals surface area contributed by atoms with Crippen molar-refractivity contribution in [2.75, 3.05) is 19.7 Å². The lowest BCUT2D eigenvalue weighted by Gasteiger charge is -2.24. The maximum Gasteiger partial charge on any atom is 0.0584 e. The monoisotopic (exact) mass is 157 g/mol. The highest BCUT2D eigenvalue weighted by molar-refractivity contribution is 4.84. The summed E-state index contributed by atoms with van der Waals surface area (Å²) >= 11 is 0. The van der Waals surface area contributed by atoms with Gasteiger partial charge in [0, 0.05) is 12.6 Å². The molecular weight excluding hydrogens is 138 g/mol. The van der Waals surface area contributed by atoms with E-state index in [1.54, 1.807) is 0 Å². The van der Waals surface area contributed by atoms with Crippen LogP contribution in [0.15, 0.2) is 0 Å². The third-order valence-corrected chi connectivity index (χ3v) is 2.59. The van der Waals surface area contributed by atoms with Gasteiger partial charge in [0.2, 0.25) is 0 Å². The van der Waals surface area contributed by atoms with E-state index in [2.05, 4.69) is 25.7 Å². The lowest BCUT2D eigenvalue weighted by molar-refractivity contribution is 0.148. The zero-order valence-electron chi connectivity index (χ0n) is 7.80. The van der Waals surface area contributed by atoms with Crippen molar-refractivity contribution >= 4 is 0 Å². The summed E-state index contributed by atoms with van der Waals surface area (Å²) in [6, 6.07) is 0.344. The van der Waals surface area contributed by atoms with Gasteiger partial charge in [-0.1, -0.05) is 13.8 Å². The molecule has 0 aromatic rings. The number of likely N-dealkylation sites (tertiary alicyclic amines) is 1. The van der Waals surface area contributed by atoms with Crippen molar-refractivity contribution in [1.82, 2.24) is 4.90 Å². The van der Waals surface area contributed by atoms with Gasteiger partial charge in [0.15, 0.2) is 0 Å². The van der Waals surface area contributed by atoms with Gasteiger partial charge in [0.1, 0.15) is 0 Å². The molecule has 11 heavy (non-hydrogen) atoms. The van der Waals surface area contributed by atoms with E-state index in [9.17, 15) is 0 Å². The Morgan fingerprint density at radius 1 is 1.55 bits per heavy atom. The Morgan fingerprint density at radius 2 is 2.18 bits per heavy atom. The molecule has 1 aliphatic rings. The summed E-state index contributed by atoms with van der Waals surface area (Å²) in [5.41, 5.74) is 0.462. The summed E-state index contributed by atoms with van der Waals surface area (Å²) < 4.78 is 0. The molecule has 1 atom stereocenters. The first-order chi connectivity index (χ1) is 5.05. The van der Waals surface area contributed by atoms with Gasteiger partial charge in [-0.3, -0.25) is 4.90 Å². The second-order valence-electron chi connectivity index (χ2n) is 4.42. The van der Waals surface area contributed by atoms with E-state index in [4.69, 9.17) is 5.11 Å². The molecule has 0 amide bonds. The second-order valence-corrected chi connectivity index (χ2v) is 4.42. The topological polar surface area (TPSA) is 23.5 Å². The average Bonchev–Trinajstić information content (AvgIpc) is 2.29. The average molecular weight is 157 g/mol. The van der Waals surface area contributed by atoms with Crippen LogP contribution in [0.4, 0.5) is 0 Å². The number of hydrogen-bond acceptors (Lipinski definition) is 2. The maximum absolute atomic E-state index is 8.92. The van der Waals surface area contributed by atoms with Crippen molar-refractivity contribution in [2.45, 2.75) is 33.2 Å². The molecule has 0 aliphatic carbocycles. The van der Waals surface area contributed by atoms with Crippen molar-refractivity contribution < 1.29 is 5.11 Å². The van der Waals surface area contributed by atoms with Gasteiger partial charge in [-0.2, -0.15) is 0 Å². The van der Waals surface area contributed by atoms with E-state index in [1.807, 2.05) is 0 Å². The maximum atomic E-state index is 8.92. The number of aliphatic hydroxyl groups excluding tert-OH is 1. The highest BCUT2D eigenvalue weighted by Crippen LogP contribution is 2.29. The van der Waals surface area contributed by atoms with Gasteiger partial charge >= 0.3 is 0 Å². The summed E-state index contributed by atoms with van der Waals surface area (Å²) in [6.07, 6.45) is 1.26. The first kappa shape index (κ1) is 9.01. The molecule has 1 saturated heterocycles. The highest BCUT2D eigenvalue weighted by Gasteiger charge is 2.31. The molecule has 0 radical (unpaired) electrons. The lowest BCUT2D eigenvalue weighted by atomic mass is 9.93. The molecule has 0 saturated carbocycles. The smallest absolute Gasteiger partial charge is 0.0584 e. The van der Waals surface area contributed by atoms with Crippen LogP contribution in [0.1, 0.15) is 27.2 Å². The molecule has 0 spiro atoms. The third-order valence-electron chi connectivity index (χ3n) is 2.59. The molecule has 0 aromatic heterocycles. The Labute approximate surface area is 69.2 Å². The number of nitrogens with zero attached hydrogens (tertiary/aromatic N) is 1. The van der Waals surface area contributed by atoms with Crippen molar-refractivity contribution in [3.63, 3.8) is 0 Å². The van der Waals surface area contributed by atoms with E-state index in [0.29, 0.717) is 11.5 Å². The molecule has 2 heteroatoms. The first-order valence-electron chi connectivity index (χ1n) is 4.40. The summed E-state index contributed by atoms with van der Waals surface area (Å²) in [6.45, 7) is 9.23. The molecule has 1 N–H and O–H groups in total. The zero-order chi connectivity index (χ0) is 8.48. The minimum absolute atomic E-state index is 0.288. The standard InChI is InChI=1S/C9H19NO/c1-8(6-11)10-5-4-9(2,3)7-10/h8,11H,4-7H2,1-3H3. The van der Waals surface area contributed by atoms with Crippen molar-refractivity contribution in [1.29, 1.82) is 0 Å². The Kier molecular flexibility index (Phi) is 2.55. The molecule has 1 fully saturated rings. The van der Waals surface area contributed by atoms with Crippen LogP contribution in [-0.2, 0) is 0 Å². The third kappa shape index (κ3) is 2.17. The van der Waals surface area contributed by atoms with E-state index < -0.39 is 0 Å². The van der Waals surface area contributed by atoms with Gasteiger partial charge in [0.05, 0.1) is 6.61 Å². The van der Waals surface area contributed by atoms with Crippen molar-refractivity contribution in [3.05, 3.63) is 0 Å². The fourth-order valence-electron chi connectivity index (χ4n) is 1.65. The first-order valence-corrected chi connectivity index (χ1v) is 4.40. The predicted octanol–water partition coefficient (Wildman–Crippen LogP) is 1.10. The molecule has 66 valence electrons. The van der Waals surface area contributed by atoms with Crippen LogP contribution < -0.4 is 0 Å². The predicted molar refractivity (Wildman–Crippen MR) is 46.5 cm³/mol. The van der Waals surface area contributed by atoms with Crippen molar-refractivity contribution in [3.8, 4) is 0 Å². The van der Waals surface area contributed by atoms with Crippen LogP contribution in [-0.4, -0.2) is 35.7 Å². The Bertz CT molecular complexity index is 134. The molecule has 1 heterocycles. The molecule has 1 rings (SSSR count). The summed E-state index contributed by atoms with van der Waals surface area (Å²) in [4.78, 5) is 2.36. The molecule has 2 nitrogen and oxygen atoms in total. The van der Waals surface area contributed by atoms with E-state index in [1.165, 1.54) is 6.42 Å². The van der Waals surface area contributed by atoms with E-state index in [0.717, 1.165) is 13.1 Å². The highest BCUT2D eigenvalue weighted by atomic mass is 16.3. The van der Waals surface area contributed by atoms with Crippen molar-refractivity contribution in [2.24, 2.45) is 5.41 Å². The zero-order valence-corrected chi connectivity index (χ0v) is 7.80. The van der Waals surface area contributed by atoms with Crippen LogP contribution in [0.2, 0.25) is 0 Å². The minimum Gasteiger partial charge on any atom is -0.395 e. The number of hydrogen-bond donors (Lipinski definition) is 1. The Morgan fingerprint density at radius 3 is 2.55 bits per heavy atom. The molecule has 1 aliphatic heterocycles. The van der Waals surface area contributed by atoms with Crippen LogP contribution >= 0.6 is 0 Å². The van der Waals surface area contributed by atoms with Gasteiger partial charge in [-0.05, 0) is 25.3 Å².